The number of nitrogens with two attached hydrogens (primary N) is 2. The molecule has 0 atom stereocenters. The molecule has 1 aliphatic rings. The predicted molar refractivity (Wildman–Crippen MR) is 126 cm³/mol. The lowest BCUT2D eigenvalue weighted by molar-refractivity contribution is -0.107. The van der Waals surface area contributed by atoms with Crippen LogP contribution in [0.4, 0.5) is 5.69 Å². The van der Waals surface area contributed by atoms with Gasteiger partial charge in [0.1, 0.15) is 6.29 Å². The van der Waals surface area contributed by atoms with Crippen molar-refractivity contribution < 1.29 is 18.3 Å². The van der Waals surface area contributed by atoms with Gasteiger partial charge in [-0.3, -0.25) is 0 Å². The molecular formula is C22H31N3O4S2. The smallest absolute Gasteiger partial charge is 0.238 e. The highest BCUT2D eigenvalue weighted by atomic mass is 32.2. The van der Waals surface area contributed by atoms with Crippen molar-refractivity contribution in [1.82, 2.24) is 0 Å². The maximum atomic E-state index is 12.6. The summed E-state index contributed by atoms with van der Waals surface area (Å²) in [4.78, 5) is 14.7. The van der Waals surface area contributed by atoms with Crippen LogP contribution in [-0.2, 0) is 27.8 Å². The number of aliphatic hydroxyl groups excluding tert-OH is 1. The molecule has 0 amide bonds. The molecule has 1 heterocycles. The second kappa shape index (κ2) is 10.3. The van der Waals surface area contributed by atoms with Gasteiger partial charge in [0, 0.05) is 46.6 Å². The number of fused-ring (bicyclic) bond motifs is 1. The van der Waals surface area contributed by atoms with Crippen molar-refractivity contribution in [3.8, 4) is 0 Å². The number of primary sulfonamides is 1. The number of anilines is 1. The molecule has 9 heteroatoms. The molecule has 2 aromatic carbocycles. The molecule has 0 radical (unpaired) electrons. The lowest BCUT2D eigenvalue weighted by Gasteiger charge is -2.28. The first-order valence-corrected chi connectivity index (χ1v) is 13.1. The van der Waals surface area contributed by atoms with Crippen molar-refractivity contribution in [2.24, 2.45) is 10.9 Å². The second-order valence-corrected chi connectivity index (χ2v) is 10.5. The third kappa shape index (κ3) is 4.90. The zero-order valence-electron chi connectivity index (χ0n) is 17.9. The summed E-state index contributed by atoms with van der Waals surface area (Å²) < 4.78 is 25.2. The summed E-state index contributed by atoms with van der Waals surface area (Å²) >= 11 is 1.75. The number of unbranched alkanes of at least 4 members (excludes halogenated alkanes) is 1. The van der Waals surface area contributed by atoms with E-state index < -0.39 is 16.6 Å². The van der Waals surface area contributed by atoms with Crippen molar-refractivity contribution in [2.45, 2.75) is 55.4 Å². The number of aldehydes is 1. The third-order valence-corrected chi connectivity index (χ3v) is 8.13. The minimum absolute atomic E-state index is 0.0755. The molecule has 5 N–H and O–H groups in total. The van der Waals surface area contributed by atoms with Crippen LogP contribution >= 0.6 is 11.8 Å². The third-order valence-electron chi connectivity index (χ3n) is 5.82. The van der Waals surface area contributed by atoms with Gasteiger partial charge in [0.05, 0.1) is 11.5 Å². The van der Waals surface area contributed by atoms with Crippen LogP contribution in [-0.4, -0.2) is 45.2 Å². The first-order valence-electron chi connectivity index (χ1n) is 10.6. The number of aryl methyl sites for hydroxylation is 1. The van der Waals surface area contributed by atoms with Gasteiger partial charge >= 0.3 is 0 Å². The Bertz CT molecular complexity index is 1060. The Morgan fingerprint density at radius 3 is 2.48 bits per heavy atom. The SMILES string of the molecule is Cc1c(SCCCCN)ccc2c(CO)c(S(N)(=O)=O)c(CC=O)c(N3CCCC3)c12. The number of nitrogens with zero attached hydrogens (tertiary/aromatic N) is 1. The van der Waals surface area contributed by atoms with Crippen molar-refractivity contribution >= 4 is 44.5 Å². The summed E-state index contributed by atoms with van der Waals surface area (Å²) in [5, 5.41) is 17.3. The number of aliphatic hydroxyl groups is 1. The minimum atomic E-state index is -4.15. The highest BCUT2D eigenvalue weighted by molar-refractivity contribution is 7.99. The van der Waals surface area contributed by atoms with E-state index in [1.165, 1.54) is 0 Å². The van der Waals surface area contributed by atoms with Gasteiger partial charge in [-0.1, -0.05) is 6.07 Å². The fourth-order valence-electron chi connectivity index (χ4n) is 4.46. The first-order chi connectivity index (χ1) is 14.8. The van der Waals surface area contributed by atoms with Gasteiger partial charge in [-0.2, -0.15) is 0 Å². The number of sulfonamides is 1. The predicted octanol–water partition coefficient (Wildman–Crippen LogP) is 2.46. The molecule has 0 aliphatic carbocycles. The number of carbonyl (C=O) groups is 1. The van der Waals surface area contributed by atoms with Crippen LogP contribution in [0.25, 0.3) is 10.8 Å². The Balaban J connectivity index is 2.35. The Labute approximate surface area is 188 Å². The van der Waals surface area contributed by atoms with Crippen molar-refractivity contribution in [1.29, 1.82) is 0 Å². The van der Waals surface area contributed by atoms with E-state index in [0.717, 1.165) is 66.1 Å². The highest BCUT2D eigenvalue weighted by Crippen LogP contribution is 2.44. The zero-order chi connectivity index (χ0) is 22.6. The maximum absolute atomic E-state index is 12.6. The Morgan fingerprint density at radius 1 is 1.19 bits per heavy atom. The van der Waals surface area contributed by atoms with Gasteiger partial charge in [-0.25, -0.2) is 13.6 Å². The number of hydrogen-bond donors (Lipinski definition) is 3. The molecule has 7 nitrogen and oxygen atoms in total. The Hall–Kier alpha value is -1.65. The largest absolute Gasteiger partial charge is 0.392 e. The van der Waals surface area contributed by atoms with E-state index in [0.29, 0.717) is 23.8 Å². The van der Waals surface area contributed by atoms with Crippen LogP contribution in [0.3, 0.4) is 0 Å². The molecule has 3 rings (SSSR count). The van der Waals surface area contributed by atoms with Crippen molar-refractivity contribution in [2.75, 3.05) is 30.3 Å². The van der Waals surface area contributed by atoms with Crippen LogP contribution in [0.5, 0.6) is 0 Å². The van der Waals surface area contributed by atoms with Crippen LogP contribution in [0.2, 0.25) is 0 Å². The van der Waals surface area contributed by atoms with E-state index >= 15 is 0 Å². The average Bonchev–Trinajstić information content (AvgIpc) is 3.25. The molecule has 1 fully saturated rings. The van der Waals surface area contributed by atoms with Crippen LogP contribution in [0, 0.1) is 6.92 Å². The molecule has 0 spiro atoms. The van der Waals surface area contributed by atoms with E-state index in [-0.39, 0.29) is 16.9 Å². The minimum Gasteiger partial charge on any atom is -0.392 e. The number of rotatable bonds is 10. The molecule has 1 saturated heterocycles. The van der Waals surface area contributed by atoms with Crippen molar-refractivity contribution in [3.05, 3.63) is 28.8 Å². The molecule has 0 aromatic heterocycles. The number of thioether (sulfide) groups is 1. The Morgan fingerprint density at radius 2 is 1.90 bits per heavy atom. The molecule has 1 aliphatic heterocycles. The summed E-state index contributed by atoms with van der Waals surface area (Å²) in [6.45, 7) is 3.79. The van der Waals surface area contributed by atoms with Gasteiger partial charge in [-0.15, -0.1) is 11.8 Å². The molecule has 0 bridgehead atoms. The summed E-state index contributed by atoms with van der Waals surface area (Å²) in [5.41, 5.74) is 8.05. The topological polar surface area (TPSA) is 127 Å². The molecule has 2 aromatic rings. The number of benzene rings is 2. The van der Waals surface area contributed by atoms with E-state index in [1.54, 1.807) is 11.8 Å². The van der Waals surface area contributed by atoms with E-state index in [9.17, 15) is 18.3 Å². The van der Waals surface area contributed by atoms with E-state index in [4.69, 9.17) is 10.9 Å². The van der Waals surface area contributed by atoms with Gasteiger partial charge in [0.25, 0.3) is 0 Å². The summed E-state index contributed by atoms with van der Waals surface area (Å²) in [5.74, 6) is 0.936. The molecule has 0 saturated carbocycles. The fourth-order valence-corrected chi connectivity index (χ4v) is 6.55. The first kappa shape index (κ1) is 24.0. The van der Waals surface area contributed by atoms with Gasteiger partial charge < -0.3 is 20.5 Å². The lowest BCUT2D eigenvalue weighted by atomic mass is 9.93. The van der Waals surface area contributed by atoms with Gasteiger partial charge in [0.2, 0.25) is 10.0 Å². The molecule has 0 unspecified atom stereocenters. The standard InChI is InChI=1S/C22H31N3O4S2/c1-15-19(30-13-5-2-9-23)7-6-16-18(14-27)22(31(24,28)29)17(8-12-26)21(20(15)16)25-10-3-4-11-25/h6-7,12,27H,2-5,8-11,13-14,23H2,1H3,(H2,24,28,29). The van der Waals surface area contributed by atoms with E-state index in [2.05, 4.69) is 4.90 Å². The zero-order valence-corrected chi connectivity index (χ0v) is 19.5. The van der Waals surface area contributed by atoms with Gasteiger partial charge in [-0.05, 0) is 61.9 Å². The molecule has 31 heavy (non-hydrogen) atoms. The van der Waals surface area contributed by atoms with E-state index in [1.807, 2.05) is 19.1 Å². The summed E-state index contributed by atoms with van der Waals surface area (Å²) in [6.07, 6.45) is 4.61. The van der Waals surface area contributed by atoms with Crippen LogP contribution < -0.4 is 15.8 Å². The Kier molecular flexibility index (Phi) is 7.98. The lowest BCUT2D eigenvalue weighted by Crippen LogP contribution is -2.25. The quantitative estimate of drug-likeness (QED) is 0.279. The normalized spacial score (nSPS) is 14.5. The molecular weight excluding hydrogens is 434 g/mol. The van der Waals surface area contributed by atoms with Crippen molar-refractivity contribution in [3.63, 3.8) is 0 Å². The second-order valence-electron chi connectivity index (χ2n) is 7.86. The monoisotopic (exact) mass is 465 g/mol. The fraction of sp³-hybridized carbons (Fsp3) is 0.500. The maximum Gasteiger partial charge on any atom is 0.238 e. The van der Waals surface area contributed by atoms with Crippen LogP contribution in [0.1, 0.15) is 42.4 Å². The van der Waals surface area contributed by atoms with Gasteiger partial charge in [0.15, 0.2) is 0 Å². The highest BCUT2D eigenvalue weighted by Gasteiger charge is 2.30. The average molecular weight is 466 g/mol. The number of hydrogen-bond acceptors (Lipinski definition) is 7. The summed E-state index contributed by atoms with van der Waals surface area (Å²) in [6, 6.07) is 3.85. The summed E-state index contributed by atoms with van der Waals surface area (Å²) in [7, 11) is -4.15. The van der Waals surface area contributed by atoms with Crippen LogP contribution in [0.15, 0.2) is 21.9 Å². The number of carbonyl (C=O) groups excluding carboxylic acids is 1. The molecule has 170 valence electrons.